The van der Waals surface area contributed by atoms with E-state index in [-0.39, 0.29) is 23.8 Å². The Kier molecular flexibility index (Phi) is 7.43. The Hall–Kier alpha value is -3.43. The van der Waals surface area contributed by atoms with Crippen LogP contribution in [0, 0.1) is 5.92 Å². The van der Waals surface area contributed by atoms with Gasteiger partial charge in [0.05, 0.1) is 29.0 Å². The van der Waals surface area contributed by atoms with Crippen molar-refractivity contribution in [1.82, 2.24) is 9.55 Å². The number of carbonyl (C=O) groups is 2. The third-order valence-corrected chi connectivity index (χ3v) is 8.39. The van der Waals surface area contributed by atoms with E-state index < -0.39 is 5.97 Å². The monoisotopic (exact) mass is 533 g/mol. The van der Waals surface area contributed by atoms with Crippen LogP contribution in [0.1, 0.15) is 41.1 Å². The highest BCUT2D eigenvalue weighted by Gasteiger charge is 2.25. The van der Waals surface area contributed by atoms with E-state index in [0.29, 0.717) is 27.7 Å². The second-order valence-corrected chi connectivity index (χ2v) is 11.1. The molecule has 1 N–H and O–H groups in total. The van der Waals surface area contributed by atoms with Crippen LogP contribution >= 0.6 is 23.1 Å². The highest BCUT2D eigenvalue weighted by molar-refractivity contribution is 7.99. The molecule has 9 heteroatoms. The molecule has 2 aromatic heterocycles. The lowest BCUT2D eigenvalue weighted by molar-refractivity contribution is -0.113. The zero-order valence-electron chi connectivity index (χ0n) is 20.7. The lowest BCUT2D eigenvalue weighted by Gasteiger charge is -2.17. The summed E-state index contributed by atoms with van der Waals surface area (Å²) in [6.07, 6.45) is 2.93. The standard InChI is InChI=1S/C28H27N3O4S2/c1-3-35-27(34)18-8-7-9-19(15-18)29-23(32)16-36-28-30-25-24(21-13-12-17(2)14-22(21)37-25)26(33)31(28)20-10-5-4-6-11-20/h4-11,15,17H,3,12-14,16H2,1-2H3,(H,29,32). The summed E-state index contributed by atoms with van der Waals surface area (Å²) in [6, 6.07) is 16.1. The van der Waals surface area contributed by atoms with E-state index in [4.69, 9.17) is 9.72 Å². The molecule has 0 fully saturated rings. The third-order valence-electron chi connectivity index (χ3n) is 6.30. The molecule has 0 bridgehead atoms. The van der Waals surface area contributed by atoms with Crippen molar-refractivity contribution < 1.29 is 14.3 Å². The second-order valence-electron chi connectivity index (χ2n) is 9.04. The number of anilines is 1. The smallest absolute Gasteiger partial charge is 0.338 e. The number of thiophene rings is 1. The van der Waals surface area contributed by atoms with Crippen LogP contribution in [0.25, 0.3) is 15.9 Å². The topological polar surface area (TPSA) is 90.3 Å². The maximum atomic E-state index is 13.8. The molecule has 1 unspecified atom stereocenters. The van der Waals surface area contributed by atoms with Crippen molar-refractivity contribution in [3.63, 3.8) is 0 Å². The number of thioether (sulfide) groups is 1. The molecule has 37 heavy (non-hydrogen) atoms. The van der Waals surface area contributed by atoms with Gasteiger partial charge in [0, 0.05) is 10.6 Å². The van der Waals surface area contributed by atoms with E-state index in [1.165, 1.54) is 16.6 Å². The number of nitrogens with one attached hydrogen (secondary N) is 1. The zero-order valence-corrected chi connectivity index (χ0v) is 22.3. The highest BCUT2D eigenvalue weighted by Crippen LogP contribution is 2.37. The molecule has 7 nitrogen and oxygen atoms in total. The van der Waals surface area contributed by atoms with Gasteiger partial charge < -0.3 is 10.1 Å². The zero-order chi connectivity index (χ0) is 25.9. The number of nitrogens with zero attached hydrogens (tertiary/aromatic N) is 2. The fourth-order valence-electron chi connectivity index (χ4n) is 4.54. The number of fused-ring (bicyclic) bond motifs is 3. The van der Waals surface area contributed by atoms with Crippen LogP contribution in [0.15, 0.2) is 64.5 Å². The molecule has 4 aromatic rings. The van der Waals surface area contributed by atoms with Crippen molar-refractivity contribution >= 4 is 50.9 Å². The summed E-state index contributed by atoms with van der Waals surface area (Å²) < 4.78 is 6.65. The van der Waals surface area contributed by atoms with Crippen molar-refractivity contribution in [3.05, 3.63) is 81.0 Å². The van der Waals surface area contributed by atoms with Gasteiger partial charge in [0.2, 0.25) is 5.91 Å². The molecule has 0 aliphatic heterocycles. The molecule has 1 aliphatic rings. The second kappa shape index (κ2) is 10.9. The summed E-state index contributed by atoms with van der Waals surface area (Å²) in [5.74, 6) is -0.0577. The third kappa shape index (κ3) is 5.33. The number of rotatable bonds is 7. The Morgan fingerprint density at radius 3 is 2.78 bits per heavy atom. The first-order valence-corrected chi connectivity index (χ1v) is 14.1. The van der Waals surface area contributed by atoms with Gasteiger partial charge in [-0.3, -0.25) is 14.2 Å². The van der Waals surface area contributed by atoms with Crippen LogP contribution in [0.2, 0.25) is 0 Å². The minimum Gasteiger partial charge on any atom is -0.462 e. The average Bonchev–Trinajstić information content (AvgIpc) is 3.26. The van der Waals surface area contributed by atoms with Crippen LogP contribution in [0.5, 0.6) is 0 Å². The number of aryl methyl sites for hydroxylation is 1. The fraction of sp³-hybridized carbons (Fsp3) is 0.286. The molecule has 2 heterocycles. The maximum absolute atomic E-state index is 13.8. The summed E-state index contributed by atoms with van der Waals surface area (Å²) >= 11 is 2.82. The normalized spacial score (nSPS) is 14.8. The quantitative estimate of drug-likeness (QED) is 0.192. The van der Waals surface area contributed by atoms with Gasteiger partial charge in [-0.2, -0.15) is 0 Å². The number of ether oxygens (including phenoxy) is 1. The number of hydrogen-bond acceptors (Lipinski definition) is 7. The number of hydrogen-bond donors (Lipinski definition) is 1. The van der Waals surface area contributed by atoms with Gasteiger partial charge in [0.25, 0.3) is 5.56 Å². The van der Waals surface area contributed by atoms with Crippen LogP contribution < -0.4 is 10.9 Å². The van der Waals surface area contributed by atoms with Gasteiger partial charge in [-0.05, 0) is 68.0 Å². The van der Waals surface area contributed by atoms with Crippen LogP contribution in [0.3, 0.4) is 0 Å². The molecular formula is C28H27N3O4S2. The Morgan fingerprint density at radius 1 is 1.19 bits per heavy atom. The molecule has 0 saturated heterocycles. The van der Waals surface area contributed by atoms with Crippen LogP contribution in [-0.4, -0.2) is 33.8 Å². The predicted molar refractivity (Wildman–Crippen MR) is 148 cm³/mol. The lowest BCUT2D eigenvalue weighted by atomic mass is 9.89. The van der Waals surface area contributed by atoms with Crippen LogP contribution in [0.4, 0.5) is 5.69 Å². The van der Waals surface area contributed by atoms with Crippen molar-refractivity contribution in [1.29, 1.82) is 0 Å². The number of aromatic nitrogens is 2. The first-order valence-electron chi connectivity index (χ1n) is 12.3. The molecule has 0 saturated carbocycles. The van der Waals surface area contributed by atoms with Crippen molar-refractivity contribution in [2.45, 2.75) is 38.3 Å². The average molecular weight is 534 g/mol. The van der Waals surface area contributed by atoms with Gasteiger partial charge in [-0.25, -0.2) is 9.78 Å². The molecule has 0 spiro atoms. The molecule has 1 atom stereocenters. The summed E-state index contributed by atoms with van der Waals surface area (Å²) in [5, 5.41) is 4.01. The van der Waals surface area contributed by atoms with Crippen molar-refractivity contribution in [2.24, 2.45) is 5.92 Å². The molecule has 190 valence electrons. The Labute approximate surface area is 222 Å². The minimum absolute atomic E-state index is 0.0521. The number of amides is 1. The van der Waals surface area contributed by atoms with Gasteiger partial charge in [0.1, 0.15) is 4.83 Å². The SMILES string of the molecule is CCOC(=O)c1cccc(NC(=O)CSc2nc3sc4c(c3c(=O)n2-c2ccccc2)CCC(C)C4)c1. The van der Waals surface area contributed by atoms with E-state index in [9.17, 15) is 14.4 Å². The maximum Gasteiger partial charge on any atom is 0.338 e. The lowest BCUT2D eigenvalue weighted by Crippen LogP contribution is -2.23. The van der Waals surface area contributed by atoms with E-state index in [2.05, 4.69) is 12.2 Å². The van der Waals surface area contributed by atoms with E-state index >= 15 is 0 Å². The van der Waals surface area contributed by atoms with E-state index in [0.717, 1.165) is 35.3 Å². The largest absolute Gasteiger partial charge is 0.462 e. The van der Waals surface area contributed by atoms with Crippen molar-refractivity contribution in [2.75, 3.05) is 17.7 Å². The molecular weight excluding hydrogens is 506 g/mol. The summed E-state index contributed by atoms with van der Waals surface area (Å²) in [4.78, 5) is 45.5. The fourth-order valence-corrected chi connectivity index (χ4v) is 6.77. The highest BCUT2D eigenvalue weighted by atomic mass is 32.2. The predicted octanol–water partition coefficient (Wildman–Crippen LogP) is 5.48. The van der Waals surface area contributed by atoms with Gasteiger partial charge in [-0.1, -0.05) is 43.0 Å². The number of carbonyl (C=O) groups excluding carboxylic acids is 2. The summed E-state index contributed by atoms with van der Waals surface area (Å²) in [6.45, 7) is 4.26. The molecule has 1 aliphatic carbocycles. The summed E-state index contributed by atoms with van der Waals surface area (Å²) in [7, 11) is 0. The Balaban J connectivity index is 1.43. The minimum atomic E-state index is -0.439. The first-order chi connectivity index (χ1) is 17.9. The molecule has 0 radical (unpaired) electrons. The molecule has 5 rings (SSSR count). The van der Waals surface area contributed by atoms with E-state index in [1.54, 1.807) is 47.1 Å². The Bertz CT molecular complexity index is 1530. The van der Waals surface area contributed by atoms with E-state index in [1.807, 2.05) is 30.3 Å². The van der Waals surface area contributed by atoms with Gasteiger partial charge in [0.15, 0.2) is 5.16 Å². The van der Waals surface area contributed by atoms with Crippen molar-refractivity contribution in [3.8, 4) is 5.69 Å². The number of para-hydroxylation sites is 1. The van der Waals surface area contributed by atoms with Gasteiger partial charge in [-0.15, -0.1) is 11.3 Å². The molecule has 1 amide bonds. The number of benzene rings is 2. The van der Waals surface area contributed by atoms with Crippen LogP contribution in [-0.2, 0) is 22.4 Å². The summed E-state index contributed by atoms with van der Waals surface area (Å²) in [5.41, 5.74) is 2.63. The molecule has 2 aromatic carbocycles. The Morgan fingerprint density at radius 2 is 2.00 bits per heavy atom. The van der Waals surface area contributed by atoms with Gasteiger partial charge >= 0.3 is 5.97 Å². The number of esters is 1. The first kappa shape index (κ1) is 25.2.